The zero-order valence-corrected chi connectivity index (χ0v) is 18.9. The molecule has 0 aliphatic heterocycles. The fourth-order valence-electron chi connectivity index (χ4n) is 3.20. The molecule has 0 aliphatic rings. The Bertz CT molecular complexity index is 1220. The number of thioether (sulfide) groups is 1. The summed E-state index contributed by atoms with van der Waals surface area (Å²) in [5.74, 6) is 1.51. The van der Waals surface area contributed by atoms with Crippen LogP contribution >= 0.6 is 11.8 Å². The molecule has 4 aromatic rings. The normalized spacial score (nSPS) is 10.7. The molecule has 1 amide bonds. The van der Waals surface area contributed by atoms with E-state index in [2.05, 4.69) is 20.5 Å². The number of aromatic nitrogens is 4. The number of anilines is 1. The number of amides is 1. The van der Waals surface area contributed by atoms with Crippen molar-refractivity contribution in [3.8, 4) is 22.8 Å². The van der Waals surface area contributed by atoms with Gasteiger partial charge in [-0.15, -0.1) is 10.2 Å². The number of nitrogens with zero attached hydrogens (tertiary/aromatic N) is 4. The van der Waals surface area contributed by atoms with Crippen molar-refractivity contribution in [2.45, 2.75) is 19.0 Å². The van der Waals surface area contributed by atoms with Gasteiger partial charge in [0.2, 0.25) is 5.91 Å². The highest BCUT2D eigenvalue weighted by molar-refractivity contribution is 7.99. The lowest BCUT2D eigenvalue weighted by Gasteiger charge is -2.12. The third-order valence-electron chi connectivity index (χ3n) is 4.88. The smallest absolute Gasteiger partial charge is 0.234 e. The number of benzene rings is 2. The highest BCUT2D eigenvalue weighted by Crippen LogP contribution is 2.29. The molecule has 2 heterocycles. The number of aryl methyl sites for hydroxylation is 2. The van der Waals surface area contributed by atoms with Gasteiger partial charge in [0.25, 0.3) is 0 Å². The van der Waals surface area contributed by atoms with Crippen LogP contribution in [0.25, 0.3) is 17.1 Å². The lowest BCUT2D eigenvalue weighted by Crippen LogP contribution is -2.15. The summed E-state index contributed by atoms with van der Waals surface area (Å²) in [5.41, 5.74) is 4.64. The molecule has 0 bridgehead atoms. The first-order valence-corrected chi connectivity index (χ1v) is 11.0. The fourth-order valence-corrected chi connectivity index (χ4v) is 3.95. The van der Waals surface area contributed by atoms with Crippen molar-refractivity contribution in [1.82, 2.24) is 19.7 Å². The molecule has 0 saturated heterocycles. The van der Waals surface area contributed by atoms with Crippen LogP contribution in [0.4, 0.5) is 5.69 Å². The topological polar surface area (TPSA) is 81.9 Å². The third-order valence-corrected chi connectivity index (χ3v) is 5.81. The lowest BCUT2D eigenvalue weighted by molar-refractivity contribution is -0.113. The average molecular weight is 446 g/mol. The second-order valence-electron chi connectivity index (χ2n) is 7.24. The molecule has 0 unspecified atom stereocenters. The number of rotatable bonds is 7. The molecular formula is C24H23N5O2S. The van der Waals surface area contributed by atoms with Crippen LogP contribution < -0.4 is 10.1 Å². The van der Waals surface area contributed by atoms with Crippen LogP contribution in [0.5, 0.6) is 5.75 Å². The van der Waals surface area contributed by atoms with Crippen molar-refractivity contribution in [3.63, 3.8) is 0 Å². The Hall–Kier alpha value is -3.65. The first-order chi connectivity index (χ1) is 15.5. The van der Waals surface area contributed by atoms with Crippen molar-refractivity contribution < 1.29 is 9.53 Å². The molecule has 0 radical (unpaired) electrons. The van der Waals surface area contributed by atoms with E-state index < -0.39 is 0 Å². The zero-order chi connectivity index (χ0) is 22.5. The summed E-state index contributed by atoms with van der Waals surface area (Å²) >= 11 is 1.33. The lowest BCUT2D eigenvalue weighted by atomic mass is 10.1. The van der Waals surface area contributed by atoms with Gasteiger partial charge in [0.05, 0.1) is 12.9 Å². The molecule has 32 heavy (non-hydrogen) atoms. The minimum Gasteiger partial charge on any atom is -0.497 e. The molecule has 8 heteroatoms. The summed E-state index contributed by atoms with van der Waals surface area (Å²) in [6, 6.07) is 17.4. The summed E-state index contributed by atoms with van der Waals surface area (Å²) in [4.78, 5) is 16.8. The molecular weight excluding hydrogens is 422 g/mol. The van der Waals surface area contributed by atoms with Crippen molar-refractivity contribution in [1.29, 1.82) is 0 Å². The Morgan fingerprint density at radius 3 is 2.62 bits per heavy atom. The number of hydrogen-bond acceptors (Lipinski definition) is 6. The molecule has 0 fully saturated rings. The van der Waals surface area contributed by atoms with Crippen LogP contribution in [0, 0.1) is 13.8 Å². The second kappa shape index (κ2) is 9.65. The SMILES string of the molecule is COc1ccc(-n2c(SCC(=O)Nc3cc(C)ccc3C)nnc2-c2cccnc2)cc1. The molecule has 0 aliphatic carbocycles. The molecule has 0 atom stereocenters. The number of ether oxygens (including phenoxy) is 1. The number of methoxy groups -OCH3 is 1. The molecule has 7 nitrogen and oxygen atoms in total. The van der Waals surface area contributed by atoms with Crippen molar-refractivity contribution in [2.24, 2.45) is 0 Å². The molecule has 4 rings (SSSR count). The van der Waals surface area contributed by atoms with Gasteiger partial charge in [-0.25, -0.2) is 0 Å². The van der Waals surface area contributed by atoms with Gasteiger partial charge in [-0.05, 0) is 67.4 Å². The van der Waals surface area contributed by atoms with Crippen molar-refractivity contribution >= 4 is 23.4 Å². The van der Waals surface area contributed by atoms with E-state index in [1.807, 2.05) is 73.0 Å². The minimum absolute atomic E-state index is 0.101. The van der Waals surface area contributed by atoms with Crippen LogP contribution in [0.3, 0.4) is 0 Å². The van der Waals surface area contributed by atoms with Crippen molar-refractivity contribution in [2.75, 3.05) is 18.2 Å². The van der Waals surface area contributed by atoms with E-state index >= 15 is 0 Å². The van der Waals surface area contributed by atoms with Crippen LogP contribution in [-0.2, 0) is 4.79 Å². The maximum absolute atomic E-state index is 12.6. The van der Waals surface area contributed by atoms with Gasteiger partial charge >= 0.3 is 0 Å². The summed E-state index contributed by atoms with van der Waals surface area (Å²) in [6.45, 7) is 3.98. The predicted octanol–water partition coefficient (Wildman–Crippen LogP) is 4.69. The minimum atomic E-state index is -0.101. The zero-order valence-electron chi connectivity index (χ0n) is 18.1. The molecule has 162 valence electrons. The second-order valence-corrected chi connectivity index (χ2v) is 8.18. The summed E-state index contributed by atoms with van der Waals surface area (Å²) < 4.78 is 7.20. The van der Waals surface area contributed by atoms with Gasteiger partial charge in [0.15, 0.2) is 11.0 Å². The van der Waals surface area contributed by atoms with Gasteiger partial charge in [-0.1, -0.05) is 23.9 Å². The maximum Gasteiger partial charge on any atom is 0.234 e. The number of pyridine rings is 1. The van der Waals surface area contributed by atoms with Crippen LogP contribution in [0.1, 0.15) is 11.1 Å². The largest absolute Gasteiger partial charge is 0.497 e. The van der Waals surface area contributed by atoms with E-state index in [1.54, 1.807) is 19.5 Å². The summed E-state index contributed by atoms with van der Waals surface area (Å²) in [7, 11) is 1.63. The molecule has 0 spiro atoms. The van der Waals surface area contributed by atoms with Gasteiger partial charge in [-0.3, -0.25) is 14.3 Å². The van der Waals surface area contributed by atoms with Gasteiger partial charge in [0.1, 0.15) is 5.75 Å². The fraction of sp³-hybridized carbons (Fsp3) is 0.167. The maximum atomic E-state index is 12.6. The van der Waals surface area contributed by atoms with Gasteiger partial charge in [-0.2, -0.15) is 0 Å². The van der Waals surface area contributed by atoms with Gasteiger partial charge in [0, 0.05) is 29.3 Å². The Morgan fingerprint density at radius 1 is 1.09 bits per heavy atom. The first-order valence-electron chi connectivity index (χ1n) is 10.1. The Balaban J connectivity index is 1.60. The Kier molecular flexibility index (Phi) is 6.51. The first kappa shape index (κ1) is 21.6. The predicted molar refractivity (Wildman–Crippen MR) is 126 cm³/mol. The van der Waals surface area contributed by atoms with Crippen molar-refractivity contribution in [3.05, 3.63) is 78.1 Å². The highest BCUT2D eigenvalue weighted by Gasteiger charge is 2.18. The van der Waals surface area contributed by atoms with Crippen LogP contribution in [0.15, 0.2) is 72.1 Å². The van der Waals surface area contributed by atoms with E-state index in [0.717, 1.165) is 33.8 Å². The average Bonchev–Trinajstić information content (AvgIpc) is 3.25. The molecule has 0 saturated carbocycles. The van der Waals surface area contributed by atoms with E-state index in [9.17, 15) is 4.79 Å². The van der Waals surface area contributed by atoms with E-state index in [0.29, 0.717) is 11.0 Å². The Labute approximate surface area is 190 Å². The number of nitrogens with one attached hydrogen (secondary N) is 1. The third kappa shape index (κ3) is 4.81. The highest BCUT2D eigenvalue weighted by atomic mass is 32.2. The van der Waals surface area contributed by atoms with Gasteiger partial charge < -0.3 is 10.1 Å². The number of hydrogen-bond donors (Lipinski definition) is 1. The van der Waals surface area contributed by atoms with Crippen LogP contribution in [-0.4, -0.2) is 38.5 Å². The molecule has 1 N–H and O–H groups in total. The number of carbonyl (C=O) groups excluding carboxylic acids is 1. The summed E-state index contributed by atoms with van der Waals surface area (Å²) in [5, 5.41) is 12.3. The van der Waals surface area contributed by atoms with E-state index in [4.69, 9.17) is 4.74 Å². The standard InChI is InChI=1S/C24H23N5O2S/c1-16-6-7-17(2)21(13-16)26-22(30)15-32-24-28-27-23(18-5-4-12-25-14-18)29(24)19-8-10-20(31-3)11-9-19/h4-14H,15H2,1-3H3,(H,26,30). The van der Waals surface area contributed by atoms with Crippen LogP contribution in [0.2, 0.25) is 0 Å². The monoisotopic (exact) mass is 445 g/mol. The molecule has 2 aromatic carbocycles. The Morgan fingerprint density at radius 2 is 1.91 bits per heavy atom. The number of carbonyl (C=O) groups is 1. The van der Waals surface area contributed by atoms with E-state index in [-0.39, 0.29) is 11.7 Å². The van der Waals surface area contributed by atoms with E-state index in [1.165, 1.54) is 11.8 Å². The molecule has 2 aromatic heterocycles. The quantitative estimate of drug-likeness (QED) is 0.416. The summed E-state index contributed by atoms with van der Waals surface area (Å²) in [6.07, 6.45) is 3.45.